The fourth-order valence-corrected chi connectivity index (χ4v) is 3.62. The Balaban J connectivity index is 2.20. The van der Waals surface area contributed by atoms with Crippen molar-refractivity contribution in [3.63, 3.8) is 0 Å². The average Bonchev–Trinajstić information content (AvgIpc) is 2.43. The molecule has 2 saturated heterocycles. The maximum Gasteiger partial charge on any atom is 0.212 e. The molecule has 64 valence electrons. The van der Waals surface area contributed by atoms with Crippen molar-refractivity contribution < 1.29 is 8.42 Å². The summed E-state index contributed by atoms with van der Waals surface area (Å²) in [6.45, 7) is 2.43. The average molecular weight is 176 g/mol. The highest BCUT2D eigenvalue weighted by Crippen LogP contribution is 2.30. The van der Waals surface area contributed by atoms with Gasteiger partial charge in [0.1, 0.15) is 0 Å². The predicted octanol–water partition coefficient (Wildman–Crippen LogP) is -1.10. The Morgan fingerprint density at radius 3 is 2.55 bits per heavy atom. The van der Waals surface area contributed by atoms with Crippen LogP contribution in [-0.2, 0) is 10.0 Å². The number of hydrogen-bond acceptors (Lipinski definition) is 3. The van der Waals surface area contributed by atoms with Crippen LogP contribution in [0.4, 0.5) is 0 Å². The molecule has 0 bridgehead atoms. The third kappa shape index (κ3) is 1.28. The third-order valence-electron chi connectivity index (χ3n) is 2.50. The molecule has 0 saturated carbocycles. The fraction of sp³-hybridized carbons (Fsp3) is 1.00. The highest BCUT2D eigenvalue weighted by molar-refractivity contribution is 7.89. The lowest BCUT2D eigenvalue weighted by Gasteiger charge is -2.16. The Hall–Kier alpha value is -0.130. The standard InChI is InChI=1S/C6H12N2O2S/c9-11(10)5-6(4-8-11)1-2-7-3-6/h7-8H,1-5H2. The second kappa shape index (κ2) is 2.18. The van der Waals surface area contributed by atoms with Gasteiger partial charge in [-0.3, -0.25) is 0 Å². The van der Waals surface area contributed by atoms with E-state index in [1.807, 2.05) is 0 Å². The van der Waals surface area contributed by atoms with Crippen LogP contribution in [0.25, 0.3) is 0 Å². The Morgan fingerprint density at radius 2 is 2.09 bits per heavy atom. The summed E-state index contributed by atoms with van der Waals surface area (Å²) in [4.78, 5) is 0. The van der Waals surface area contributed by atoms with Crippen LogP contribution in [-0.4, -0.2) is 33.8 Å². The van der Waals surface area contributed by atoms with Gasteiger partial charge in [0.05, 0.1) is 5.75 Å². The largest absolute Gasteiger partial charge is 0.316 e. The summed E-state index contributed by atoms with van der Waals surface area (Å²) in [5.41, 5.74) is 0.0127. The Bertz CT molecular complexity index is 254. The molecule has 4 nitrogen and oxygen atoms in total. The molecule has 2 aliphatic heterocycles. The van der Waals surface area contributed by atoms with E-state index in [0.29, 0.717) is 12.3 Å². The summed E-state index contributed by atoms with van der Waals surface area (Å²) in [5, 5.41) is 3.19. The molecule has 0 radical (unpaired) electrons. The van der Waals surface area contributed by atoms with Crippen LogP contribution in [0.3, 0.4) is 0 Å². The quantitative estimate of drug-likeness (QED) is 0.492. The summed E-state index contributed by atoms with van der Waals surface area (Å²) in [7, 11) is -2.93. The zero-order chi connectivity index (χ0) is 7.95. The van der Waals surface area contributed by atoms with Crippen molar-refractivity contribution in [2.24, 2.45) is 5.41 Å². The van der Waals surface area contributed by atoms with E-state index in [-0.39, 0.29) is 5.41 Å². The normalized spacial score (nSPS) is 41.8. The monoisotopic (exact) mass is 176 g/mol. The van der Waals surface area contributed by atoms with Gasteiger partial charge in [-0.25, -0.2) is 13.1 Å². The minimum Gasteiger partial charge on any atom is -0.316 e. The van der Waals surface area contributed by atoms with Gasteiger partial charge in [-0.2, -0.15) is 0 Å². The van der Waals surface area contributed by atoms with Crippen molar-refractivity contribution in [3.05, 3.63) is 0 Å². The molecular weight excluding hydrogens is 164 g/mol. The molecule has 0 aromatic rings. The Morgan fingerprint density at radius 1 is 1.27 bits per heavy atom. The van der Waals surface area contributed by atoms with Gasteiger partial charge in [0.25, 0.3) is 0 Å². The van der Waals surface area contributed by atoms with E-state index in [4.69, 9.17) is 0 Å². The first-order valence-corrected chi connectivity index (χ1v) is 5.45. The van der Waals surface area contributed by atoms with E-state index >= 15 is 0 Å². The summed E-state index contributed by atoms with van der Waals surface area (Å²) >= 11 is 0. The van der Waals surface area contributed by atoms with Gasteiger partial charge in [0.15, 0.2) is 0 Å². The van der Waals surface area contributed by atoms with Crippen LogP contribution in [0, 0.1) is 5.41 Å². The highest BCUT2D eigenvalue weighted by Gasteiger charge is 2.43. The van der Waals surface area contributed by atoms with Gasteiger partial charge in [-0.05, 0) is 13.0 Å². The van der Waals surface area contributed by atoms with E-state index in [9.17, 15) is 8.42 Å². The van der Waals surface area contributed by atoms with E-state index in [1.54, 1.807) is 0 Å². The minimum absolute atomic E-state index is 0.0127. The van der Waals surface area contributed by atoms with Gasteiger partial charge >= 0.3 is 0 Å². The number of hydrogen-bond donors (Lipinski definition) is 2. The number of nitrogens with one attached hydrogen (secondary N) is 2. The molecule has 5 heteroatoms. The summed E-state index contributed by atoms with van der Waals surface area (Å²) < 4.78 is 24.7. The second-order valence-electron chi connectivity index (χ2n) is 3.51. The zero-order valence-electron chi connectivity index (χ0n) is 6.26. The van der Waals surface area contributed by atoms with Crippen molar-refractivity contribution in [2.75, 3.05) is 25.4 Å². The molecule has 2 N–H and O–H groups in total. The molecule has 2 heterocycles. The molecule has 0 amide bonds. The van der Waals surface area contributed by atoms with E-state index in [2.05, 4.69) is 10.0 Å². The molecule has 1 spiro atoms. The van der Waals surface area contributed by atoms with E-state index < -0.39 is 10.0 Å². The van der Waals surface area contributed by atoms with Gasteiger partial charge < -0.3 is 5.32 Å². The van der Waals surface area contributed by atoms with Gasteiger partial charge in [0, 0.05) is 18.5 Å². The van der Waals surface area contributed by atoms with Crippen LogP contribution < -0.4 is 10.0 Å². The van der Waals surface area contributed by atoms with Gasteiger partial charge in [-0.1, -0.05) is 0 Å². The molecule has 0 aromatic heterocycles. The Labute approximate surface area is 66.4 Å². The van der Waals surface area contributed by atoms with Crippen molar-refractivity contribution in [1.82, 2.24) is 10.0 Å². The van der Waals surface area contributed by atoms with Crippen LogP contribution >= 0.6 is 0 Å². The summed E-state index contributed by atoms with van der Waals surface area (Å²) in [6, 6.07) is 0. The van der Waals surface area contributed by atoms with Crippen molar-refractivity contribution in [3.8, 4) is 0 Å². The highest BCUT2D eigenvalue weighted by atomic mass is 32.2. The SMILES string of the molecule is O=S1(=O)CC2(CCNC2)CN1. The predicted molar refractivity (Wildman–Crippen MR) is 41.7 cm³/mol. The lowest BCUT2D eigenvalue weighted by atomic mass is 9.90. The second-order valence-corrected chi connectivity index (χ2v) is 5.31. The van der Waals surface area contributed by atoms with Gasteiger partial charge in [-0.15, -0.1) is 0 Å². The molecular formula is C6H12N2O2S. The van der Waals surface area contributed by atoms with Crippen molar-refractivity contribution in [1.29, 1.82) is 0 Å². The topological polar surface area (TPSA) is 58.2 Å². The lowest BCUT2D eigenvalue weighted by Crippen LogP contribution is -2.28. The molecule has 1 unspecified atom stereocenters. The lowest BCUT2D eigenvalue weighted by molar-refractivity contribution is 0.396. The third-order valence-corrected chi connectivity index (χ3v) is 4.07. The molecule has 2 aliphatic rings. The van der Waals surface area contributed by atoms with Crippen LogP contribution in [0.15, 0.2) is 0 Å². The maximum atomic E-state index is 11.1. The first-order chi connectivity index (χ1) is 5.12. The van der Waals surface area contributed by atoms with Crippen LogP contribution in [0.1, 0.15) is 6.42 Å². The van der Waals surface area contributed by atoms with E-state index in [1.165, 1.54) is 0 Å². The summed E-state index contributed by atoms with van der Waals surface area (Å²) in [5.74, 6) is 0.312. The van der Waals surface area contributed by atoms with Crippen LogP contribution in [0.2, 0.25) is 0 Å². The number of rotatable bonds is 0. The van der Waals surface area contributed by atoms with Crippen molar-refractivity contribution in [2.45, 2.75) is 6.42 Å². The smallest absolute Gasteiger partial charge is 0.212 e. The first-order valence-electron chi connectivity index (χ1n) is 3.80. The summed E-state index contributed by atoms with van der Waals surface area (Å²) in [6.07, 6.45) is 0.985. The maximum absolute atomic E-state index is 11.1. The van der Waals surface area contributed by atoms with Gasteiger partial charge in [0.2, 0.25) is 10.0 Å². The van der Waals surface area contributed by atoms with E-state index in [0.717, 1.165) is 19.5 Å². The molecule has 2 fully saturated rings. The molecule has 11 heavy (non-hydrogen) atoms. The van der Waals surface area contributed by atoms with Crippen LogP contribution in [0.5, 0.6) is 0 Å². The molecule has 0 aromatic carbocycles. The number of sulfonamides is 1. The molecule has 1 atom stereocenters. The molecule has 0 aliphatic carbocycles. The zero-order valence-corrected chi connectivity index (χ0v) is 7.08. The van der Waals surface area contributed by atoms with Crippen molar-refractivity contribution >= 4 is 10.0 Å². The fourth-order valence-electron chi connectivity index (χ4n) is 1.84. The first kappa shape index (κ1) is 7.52. The Kier molecular flexibility index (Phi) is 1.49. The minimum atomic E-state index is -2.93. The molecule has 2 rings (SSSR count).